The van der Waals surface area contributed by atoms with Gasteiger partial charge in [-0.25, -0.2) is 0 Å². The highest BCUT2D eigenvalue weighted by Crippen LogP contribution is 2.36. The number of aliphatic hydroxyl groups is 1. The van der Waals surface area contributed by atoms with E-state index in [0.29, 0.717) is 18.1 Å². The molecule has 0 fully saturated rings. The van der Waals surface area contributed by atoms with E-state index in [1.54, 1.807) is 13.0 Å². The second-order valence-corrected chi connectivity index (χ2v) is 6.63. The van der Waals surface area contributed by atoms with E-state index < -0.39 is 27.9 Å². The molecule has 0 spiro atoms. The molecule has 0 aromatic heterocycles. The fourth-order valence-corrected chi connectivity index (χ4v) is 2.85. The van der Waals surface area contributed by atoms with Gasteiger partial charge in [-0.3, -0.25) is 0 Å². The molecule has 2 aromatic carbocycles. The van der Waals surface area contributed by atoms with E-state index in [2.05, 4.69) is 4.18 Å². The summed E-state index contributed by atoms with van der Waals surface area (Å²) in [6.07, 6.45) is -4.41. The van der Waals surface area contributed by atoms with E-state index >= 15 is 0 Å². The standard InChI is InChI=1S/C17H17F3O6S/c1-12-9-13(24-8-4-7-21)11-14(10-12)25-27(22,23)26-16-6-3-2-5-15(16)17(18,19)20/h2-3,5-6,9-11,21H,4,7-8H2,1H3. The SMILES string of the molecule is Cc1cc(OCCCO)cc(OS(=O)(=O)Oc2ccccc2C(F)(F)F)c1. The lowest BCUT2D eigenvalue weighted by atomic mass is 10.2. The van der Waals surface area contributed by atoms with Crippen molar-refractivity contribution in [3.05, 3.63) is 53.6 Å². The van der Waals surface area contributed by atoms with E-state index in [-0.39, 0.29) is 24.7 Å². The summed E-state index contributed by atoms with van der Waals surface area (Å²) in [7, 11) is -4.82. The summed E-state index contributed by atoms with van der Waals surface area (Å²) in [4.78, 5) is 0. The predicted octanol–water partition coefficient (Wildman–Crippen LogP) is 3.48. The monoisotopic (exact) mass is 406 g/mol. The second-order valence-electron chi connectivity index (χ2n) is 5.48. The highest BCUT2D eigenvalue weighted by molar-refractivity contribution is 7.82. The summed E-state index contributed by atoms with van der Waals surface area (Å²) < 4.78 is 77.5. The van der Waals surface area contributed by atoms with Crippen LogP contribution in [-0.4, -0.2) is 26.7 Å². The van der Waals surface area contributed by atoms with Crippen molar-refractivity contribution in [3.8, 4) is 17.2 Å². The quantitative estimate of drug-likeness (QED) is 0.676. The van der Waals surface area contributed by atoms with Crippen LogP contribution >= 0.6 is 0 Å². The molecule has 2 rings (SSSR count). The molecule has 0 amide bonds. The molecule has 0 aliphatic rings. The van der Waals surface area contributed by atoms with Gasteiger partial charge in [0.25, 0.3) is 0 Å². The minimum absolute atomic E-state index is 0.0734. The third-order valence-electron chi connectivity index (χ3n) is 3.18. The average molecular weight is 406 g/mol. The minimum Gasteiger partial charge on any atom is -0.493 e. The fourth-order valence-electron chi connectivity index (χ4n) is 2.12. The maximum Gasteiger partial charge on any atom is 0.501 e. The van der Waals surface area contributed by atoms with E-state index in [0.717, 1.165) is 12.1 Å². The molecule has 0 radical (unpaired) electrons. The van der Waals surface area contributed by atoms with Gasteiger partial charge in [-0.15, -0.1) is 8.42 Å². The Balaban J connectivity index is 2.20. The summed E-state index contributed by atoms with van der Waals surface area (Å²) >= 11 is 0. The van der Waals surface area contributed by atoms with Crippen LogP contribution in [0.2, 0.25) is 0 Å². The molecule has 0 saturated carbocycles. The predicted molar refractivity (Wildman–Crippen MR) is 90.0 cm³/mol. The molecule has 1 N–H and O–H groups in total. The number of hydrogen-bond acceptors (Lipinski definition) is 6. The molecule has 148 valence electrons. The number of halogens is 3. The van der Waals surface area contributed by atoms with Gasteiger partial charge in [0.05, 0.1) is 12.2 Å². The molecule has 0 heterocycles. The first-order valence-corrected chi connectivity index (χ1v) is 9.09. The third-order valence-corrected chi connectivity index (χ3v) is 3.96. The van der Waals surface area contributed by atoms with Crippen molar-refractivity contribution in [1.29, 1.82) is 0 Å². The lowest BCUT2D eigenvalue weighted by molar-refractivity contribution is -0.138. The van der Waals surface area contributed by atoms with Crippen LogP contribution in [-0.2, 0) is 16.6 Å². The number of hydrogen-bond donors (Lipinski definition) is 1. The van der Waals surface area contributed by atoms with Crippen molar-refractivity contribution in [2.24, 2.45) is 0 Å². The van der Waals surface area contributed by atoms with Crippen molar-refractivity contribution >= 4 is 10.4 Å². The highest BCUT2D eigenvalue weighted by Gasteiger charge is 2.35. The first-order chi connectivity index (χ1) is 12.6. The van der Waals surface area contributed by atoms with Crippen LogP contribution in [0.15, 0.2) is 42.5 Å². The van der Waals surface area contributed by atoms with Gasteiger partial charge < -0.3 is 18.2 Å². The Morgan fingerprint density at radius 1 is 1.04 bits per heavy atom. The zero-order valence-electron chi connectivity index (χ0n) is 14.2. The van der Waals surface area contributed by atoms with Crippen molar-refractivity contribution in [2.75, 3.05) is 13.2 Å². The van der Waals surface area contributed by atoms with Crippen LogP contribution in [0.25, 0.3) is 0 Å². The Labute approximate surface area is 154 Å². The van der Waals surface area contributed by atoms with Crippen molar-refractivity contribution < 1.29 is 39.8 Å². The zero-order chi connectivity index (χ0) is 20.1. The average Bonchev–Trinajstić information content (AvgIpc) is 2.53. The Bertz CT molecular complexity index is 880. The van der Waals surface area contributed by atoms with Gasteiger partial charge in [-0.05, 0) is 36.8 Å². The number of alkyl halides is 3. The molecule has 6 nitrogen and oxygen atoms in total. The zero-order valence-corrected chi connectivity index (χ0v) is 15.0. The van der Waals surface area contributed by atoms with E-state index in [4.69, 9.17) is 14.0 Å². The maximum atomic E-state index is 13.0. The van der Waals surface area contributed by atoms with Crippen molar-refractivity contribution in [1.82, 2.24) is 0 Å². The van der Waals surface area contributed by atoms with Gasteiger partial charge in [0.2, 0.25) is 0 Å². The molecule has 0 atom stereocenters. The lowest BCUT2D eigenvalue weighted by Gasteiger charge is -2.14. The van der Waals surface area contributed by atoms with Crippen LogP contribution in [0.4, 0.5) is 13.2 Å². The second kappa shape index (κ2) is 8.49. The normalized spacial score (nSPS) is 11.9. The van der Waals surface area contributed by atoms with E-state index in [1.165, 1.54) is 18.2 Å². The minimum atomic E-state index is -4.82. The molecule has 0 saturated heterocycles. The summed E-state index contributed by atoms with van der Waals surface area (Å²) in [5, 5.41) is 8.75. The van der Waals surface area contributed by atoms with Gasteiger partial charge in [-0.2, -0.15) is 13.2 Å². The van der Waals surface area contributed by atoms with Crippen LogP contribution < -0.4 is 13.1 Å². The molecule has 27 heavy (non-hydrogen) atoms. The Hall–Kier alpha value is -2.46. The summed E-state index contributed by atoms with van der Waals surface area (Å²) in [6, 6.07) is 8.11. The topological polar surface area (TPSA) is 82.1 Å². The molecule has 2 aromatic rings. The van der Waals surface area contributed by atoms with Gasteiger partial charge in [0.1, 0.15) is 11.5 Å². The van der Waals surface area contributed by atoms with Crippen LogP contribution in [0.1, 0.15) is 17.5 Å². The molecular formula is C17H17F3O6S. The number of rotatable bonds is 8. The summed E-state index contributed by atoms with van der Waals surface area (Å²) in [6.45, 7) is 1.77. The van der Waals surface area contributed by atoms with Crippen LogP contribution in [0.5, 0.6) is 17.2 Å². The lowest BCUT2D eigenvalue weighted by Crippen LogP contribution is -2.19. The highest BCUT2D eigenvalue weighted by atomic mass is 32.3. The molecule has 0 unspecified atom stereocenters. The largest absolute Gasteiger partial charge is 0.501 e. The first-order valence-electron chi connectivity index (χ1n) is 7.76. The Morgan fingerprint density at radius 2 is 1.70 bits per heavy atom. The van der Waals surface area contributed by atoms with Gasteiger partial charge in [0.15, 0.2) is 5.75 Å². The molecule has 0 aliphatic heterocycles. The first kappa shape index (κ1) is 20.8. The summed E-state index contributed by atoms with van der Waals surface area (Å²) in [5.74, 6) is -0.792. The Kier molecular flexibility index (Phi) is 6.55. The number of aliphatic hydroxyl groups excluding tert-OH is 1. The third kappa shape index (κ3) is 6.33. The smallest absolute Gasteiger partial charge is 0.493 e. The van der Waals surface area contributed by atoms with Crippen molar-refractivity contribution in [3.63, 3.8) is 0 Å². The van der Waals surface area contributed by atoms with E-state index in [1.807, 2.05) is 0 Å². The van der Waals surface area contributed by atoms with Crippen LogP contribution in [0, 0.1) is 6.92 Å². The van der Waals surface area contributed by atoms with Gasteiger partial charge in [0, 0.05) is 19.1 Å². The van der Waals surface area contributed by atoms with E-state index in [9.17, 15) is 21.6 Å². The molecule has 0 bridgehead atoms. The number of para-hydroxylation sites is 1. The fraction of sp³-hybridized carbons (Fsp3) is 0.294. The number of ether oxygens (including phenoxy) is 1. The number of benzene rings is 2. The van der Waals surface area contributed by atoms with Gasteiger partial charge >= 0.3 is 16.6 Å². The molecule has 0 aliphatic carbocycles. The van der Waals surface area contributed by atoms with Crippen molar-refractivity contribution in [2.45, 2.75) is 19.5 Å². The summed E-state index contributed by atoms with van der Waals surface area (Å²) in [5.41, 5.74) is -0.646. The maximum absolute atomic E-state index is 13.0. The Morgan fingerprint density at radius 3 is 2.37 bits per heavy atom. The molecular weight excluding hydrogens is 389 g/mol. The molecule has 10 heteroatoms. The van der Waals surface area contributed by atoms with Gasteiger partial charge in [-0.1, -0.05) is 12.1 Å². The van der Waals surface area contributed by atoms with Crippen LogP contribution in [0.3, 0.4) is 0 Å². The number of aryl methyl sites for hydroxylation is 1.